The Morgan fingerprint density at radius 2 is 1.72 bits per heavy atom. The fourth-order valence-corrected chi connectivity index (χ4v) is 4.00. The topological polar surface area (TPSA) is 35.6 Å². The number of carbonyl (C=O) groups excluding carboxylic acids is 1. The summed E-state index contributed by atoms with van der Waals surface area (Å²) in [6.07, 6.45) is 4.93. The number of likely N-dealkylation sites (tertiary alicyclic amines) is 2. The number of amides is 1. The molecule has 102 valence electrons. The Hall–Kier alpha value is -0.610. The number of hydrogen-bond acceptors (Lipinski definition) is 3. The molecule has 2 unspecified atom stereocenters. The zero-order valence-electron chi connectivity index (χ0n) is 11.4. The van der Waals surface area contributed by atoms with Gasteiger partial charge in [0.25, 0.3) is 0 Å². The lowest BCUT2D eigenvalue weighted by molar-refractivity contribution is -0.122. The van der Waals surface area contributed by atoms with Gasteiger partial charge in [0.1, 0.15) is 0 Å². The van der Waals surface area contributed by atoms with E-state index in [-0.39, 0.29) is 5.91 Å². The summed E-state index contributed by atoms with van der Waals surface area (Å²) >= 11 is 0. The van der Waals surface area contributed by atoms with E-state index in [2.05, 4.69) is 22.2 Å². The SMILES string of the molecule is CN1CC2CN(CC(=O)NC3CCCC3)CC2C1. The van der Waals surface area contributed by atoms with E-state index >= 15 is 0 Å². The Bertz CT molecular complexity index is 300. The molecule has 1 aliphatic carbocycles. The quantitative estimate of drug-likeness (QED) is 0.795. The van der Waals surface area contributed by atoms with Crippen LogP contribution in [0, 0.1) is 11.8 Å². The molecular formula is C14H25N3O. The summed E-state index contributed by atoms with van der Waals surface area (Å²) in [6, 6.07) is 0.464. The van der Waals surface area contributed by atoms with Gasteiger partial charge in [-0.2, -0.15) is 0 Å². The van der Waals surface area contributed by atoms with Gasteiger partial charge in [0.15, 0.2) is 0 Å². The maximum atomic E-state index is 12.0. The monoisotopic (exact) mass is 251 g/mol. The lowest BCUT2D eigenvalue weighted by atomic mass is 10.0. The van der Waals surface area contributed by atoms with Crippen molar-refractivity contribution in [3.05, 3.63) is 0 Å². The number of nitrogens with zero attached hydrogens (tertiary/aromatic N) is 2. The first-order chi connectivity index (χ1) is 8.70. The number of hydrogen-bond donors (Lipinski definition) is 1. The molecule has 1 saturated carbocycles. The second-order valence-electron chi connectivity index (χ2n) is 6.48. The highest BCUT2D eigenvalue weighted by atomic mass is 16.2. The Morgan fingerprint density at radius 1 is 1.11 bits per heavy atom. The van der Waals surface area contributed by atoms with E-state index in [0.717, 1.165) is 24.9 Å². The van der Waals surface area contributed by atoms with Crippen LogP contribution >= 0.6 is 0 Å². The van der Waals surface area contributed by atoms with Crippen LogP contribution < -0.4 is 5.32 Å². The van der Waals surface area contributed by atoms with Crippen molar-refractivity contribution in [2.75, 3.05) is 39.8 Å². The third-order valence-electron chi connectivity index (χ3n) is 4.83. The highest BCUT2D eigenvalue weighted by molar-refractivity contribution is 5.78. The van der Waals surface area contributed by atoms with Crippen molar-refractivity contribution < 1.29 is 4.79 Å². The van der Waals surface area contributed by atoms with E-state index < -0.39 is 0 Å². The lowest BCUT2D eigenvalue weighted by Crippen LogP contribution is -2.41. The van der Waals surface area contributed by atoms with E-state index in [9.17, 15) is 4.79 Å². The van der Waals surface area contributed by atoms with Crippen LogP contribution in [0.1, 0.15) is 25.7 Å². The molecule has 3 aliphatic rings. The predicted octanol–water partition coefficient (Wildman–Crippen LogP) is 0.539. The second-order valence-corrected chi connectivity index (χ2v) is 6.48. The minimum absolute atomic E-state index is 0.246. The standard InChI is InChI=1S/C14H25N3O/c1-16-6-11-8-17(9-12(11)7-16)10-14(18)15-13-4-2-3-5-13/h11-13H,2-10H2,1H3,(H,15,18). The Kier molecular flexibility index (Phi) is 3.57. The van der Waals surface area contributed by atoms with Gasteiger partial charge in [0, 0.05) is 32.2 Å². The average molecular weight is 251 g/mol. The largest absolute Gasteiger partial charge is 0.352 e. The molecule has 2 aliphatic heterocycles. The van der Waals surface area contributed by atoms with Crippen molar-refractivity contribution in [3.8, 4) is 0 Å². The van der Waals surface area contributed by atoms with E-state index in [1.165, 1.54) is 38.8 Å². The molecule has 1 amide bonds. The maximum Gasteiger partial charge on any atom is 0.234 e. The molecule has 0 aromatic heterocycles. The summed E-state index contributed by atoms with van der Waals surface area (Å²) in [4.78, 5) is 16.8. The molecule has 4 nitrogen and oxygen atoms in total. The summed E-state index contributed by atoms with van der Waals surface area (Å²) in [6.45, 7) is 5.28. The van der Waals surface area contributed by atoms with E-state index in [1.807, 2.05) is 0 Å². The highest BCUT2D eigenvalue weighted by Gasteiger charge is 2.39. The molecular weight excluding hydrogens is 226 g/mol. The molecule has 18 heavy (non-hydrogen) atoms. The van der Waals surface area contributed by atoms with Gasteiger partial charge in [-0.3, -0.25) is 9.69 Å². The van der Waals surface area contributed by atoms with Crippen molar-refractivity contribution in [1.29, 1.82) is 0 Å². The third-order valence-corrected chi connectivity index (χ3v) is 4.83. The van der Waals surface area contributed by atoms with Gasteiger partial charge in [0.2, 0.25) is 5.91 Å². The average Bonchev–Trinajstić information content (AvgIpc) is 2.94. The van der Waals surface area contributed by atoms with Gasteiger partial charge in [-0.15, -0.1) is 0 Å². The van der Waals surface area contributed by atoms with Crippen LogP contribution in [0.3, 0.4) is 0 Å². The molecule has 0 aromatic rings. The van der Waals surface area contributed by atoms with Crippen molar-refractivity contribution in [1.82, 2.24) is 15.1 Å². The fourth-order valence-electron chi connectivity index (χ4n) is 4.00. The summed E-state index contributed by atoms with van der Waals surface area (Å²) in [5, 5.41) is 3.19. The summed E-state index contributed by atoms with van der Waals surface area (Å²) < 4.78 is 0. The van der Waals surface area contributed by atoms with Gasteiger partial charge in [-0.05, 0) is 31.7 Å². The van der Waals surface area contributed by atoms with Crippen LogP contribution in [0.25, 0.3) is 0 Å². The first kappa shape index (κ1) is 12.4. The number of fused-ring (bicyclic) bond motifs is 1. The Labute approximate surface area is 110 Å². The molecule has 2 heterocycles. The van der Waals surface area contributed by atoms with Crippen molar-refractivity contribution in [3.63, 3.8) is 0 Å². The summed E-state index contributed by atoms with van der Waals surface area (Å²) in [5.74, 6) is 1.85. The first-order valence-corrected chi connectivity index (χ1v) is 7.41. The molecule has 4 heteroatoms. The highest BCUT2D eigenvalue weighted by Crippen LogP contribution is 2.29. The maximum absolute atomic E-state index is 12.0. The van der Waals surface area contributed by atoms with E-state index in [4.69, 9.17) is 0 Å². The Balaban J connectivity index is 1.42. The third kappa shape index (κ3) is 2.69. The van der Waals surface area contributed by atoms with Gasteiger partial charge in [-0.1, -0.05) is 12.8 Å². The van der Waals surface area contributed by atoms with Gasteiger partial charge >= 0.3 is 0 Å². The van der Waals surface area contributed by atoms with Crippen molar-refractivity contribution >= 4 is 5.91 Å². The zero-order chi connectivity index (χ0) is 12.5. The second kappa shape index (κ2) is 5.17. The van der Waals surface area contributed by atoms with E-state index in [0.29, 0.717) is 12.6 Å². The first-order valence-electron chi connectivity index (χ1n) is 7.41. The minimum atomic E-state index is 0.246. The van der Waals surface area contributed by atoms with Gasteiger partial charge < -0.3 is 10.2 Å². The van der Waals surface area contributed by atoms with Crippen LogP contribution in [-0.2, 0) is 4.79 Å². The summed E-state index contributed by atoms with van der Waals surface area (Å²) in [7, 11) is 2.20. The normalized spacial score (nSPS) is 34.1. The number of carbonyl (C=O) groups is 1. The van der Waals surface area contributed by atoms with Crippen molar-refractivity contribution in [2.24, 2.45) is 11.8 Å². The molecule has 0 radical (unpaired) electrons. The lowest BCUT2D eigenvalue weighted by Gasteiger charge is -2.20. The zero-order valence-corrected chi connectivity index (χ0v) is 11.4. The van der Waals surface area contributed by atoms with Crippen LogP contribution in [0.4, 0.5) is 0 Å². The fraction of sp³-hybridized carbons (Fsp3) is 0.929. The number of rotatable bonds is 3. The number of nitrogens with one attached hydrogen (secondary N) is 1. The molecule has 2 atom stereocenters. The van der Waals surface area contributed by atoms with Crippen LogP contribution in [0.2, 0.25) is 0 Å². The van der Waals surface area contributed by atoms with Crippen LogP contribution in [-0.4, -0.2) is 61.5 Å². The smallest absolute Gasteiger partial charge is 0.234 e. The van der Waals surface area contributed by atoms with Crippen LogP contribution in [0.5, 0.6) is 0 Å². The Morgan fingerprint density at radius 3 is 2.33 bits per heavy atom. The van der Waals surface area contributed by atoms with Crippen molar-refractivity contribution in [2.45, 2.75) is 31.7 Å². The minimum Gasteiger partial charge on any atom is -0.352 e. The molecule has 1 N–H and O–H groups in total. The van der Waals surface area contributed by atoms with Gasteiger partial charge in [-0.25, -0.2) is 0 Å². The molecule has 3 rings (SSSR count). The molecule has 2 saturated heterocycles. The van der Waals surface area contributed by atoms with Gasteiger partial charge in [0.05, 0.1) is 6.54 Å². The molecule has 0 bridgehead atoms. The molecule has 3 fully saturated rings. The van der Waals surface area contributed by atoms with E-state index in [1.54, 1.807) is 0 Å². The molecule has 0 aromatic carbocycles. The molecule has 0 spiro atoms. The van der Waals surface area contributed by atoms with Crippen LogP contribution in [0.15, 0.2) is 0 Å². The summed E-state index contributed by atoms with van der Waals surface area (Å²) in [5.41, 5.74) is 0. The predicted molar refractivity (Wildman–Crippen MR) is 71.3 cm³/mol.